The maximum absolute atomic E-state index is 12.0. The Hall–Kier alpha value is -0.223. The molecule has 0 fully saturated rings. The van der Waals surface area contributed by atoms with Gasteiger partial charge in [0.05, 0.1) is 8.07 Å². The van der Waals surface area contributed by atoms with Gasteiger partial charge in [0.1, 0.15) is 4.90 Å². The molecule has 0 bridgehead atoms. The average molecular weight is 332 g/mol. The van der Waals surface area contributed by atoms with Crippen LogP contribution in [0.1, 0.15) is 25.3 Å². The zero-order chi connectivity index (χ0) is 15.9. The molecule has 114 valence electrons. The molecule has 0 saturated carbocycles. The molecule has 0 amide bonds. The quantitative estimate of drug-likeness (QED) is 0.524. The molecule has 0 aliphatic rings. The van der Waals surface area contributed by atoms with Gasteiger partial charge in [-0.05, 0) is 35.3 Å². The predicted octanol–water partition coefficient (Wildman–Crippen LogP) is 2.97. The van der Waals surface area contributed by atoms with Gasteiger partial charge in [0.2, 0.25) is 0 Å². The molecule has 1 N–H and O–H groups in total. The highest BCUT2D eigenvalue weighted by atomic mass is 32.2. The van der Waals surface area contributed by atoms with Crippen LogP contribution in [0, 0.1) is 0 Å². The van der Waals surface area contributed by atoms with E-state index < -0.39 is 26.1 Å². The lowest BCUT2D eigenvalue weighted by molar-refractivity contribution is 0.484. The minimum absolute atomic E-state index is 0.193. The molecule has 1 rings (SSSR count). The van der Waals surface area contributed by atoms with E-state index >= 15 is 0 Å². The van der Waals surface area contributed by atoms with Gasteiger partial charge in [-0.1, -0.05) is 53.5 Å². The highest BCUT2D eigenvalue weighted by molar-refractivity contribution is 7.87. The van der Waals surface area contributed by atoms with Gasteiger partial charge in [0.25, 0.3) is 10.1 Å². The van der Waals surface area contributed by atoms with E-state index in [1.165, 1.54) is 0 Å². The standard InChI is InChI=1S/C14H25O3PSSi/c1-10(2)11-8-9-12(18(3)4)13(19(15,16)17)14(11)20(5,6)7/h8-10H,1-7H3,(H,15,16,17). The van der Waals surface area contributed by atoms with Crippen LogP contribution >= 0.6 is 7.92 Å². The number of benzene rings is 1. The summed E-state index contributed by atoms with van der Waals surface area (Å²) in [6.45, 7) is 14.5. The van der Waals surface area contributed by atoms with Crippen molar-refractivity contribution in [1.29, 1.82) is 0 Å². The van der Waals surface area contributed by atoms with Crippen LogP contribution in [0.15, 0.2) is 17.0 Å². The smallest absolute Gasteiger partial charge is 0.282 e. The fourth-order valence-electron chi connectivity index (χ4n) is 2.45. The maximum atomic E-state index is 12.0. The van der Waals surface area contributed by atoms with Crippen LogP contribution in [0.3, 0.4) is 0 Å². The third-order valence-electron chi connectivity index (χ3n) is 3.28. The lowest BCUT2D eigenvalue weighted by Crippen LogP contribution is -2.46. The first kappa shape index (κ1) is 17.8. The Bertz CT molecular complexity index is 602. The first-order chi connectivity index (χ1) is 8.87. The molecule has 0 atom stereocenters. The first-order valence-electron chi connectivity index (χ1n) is 6.69. The number of hydrogen-bond donors (Lipinski definition) is 1. The molecule has 1 aromatic rings. The minimum Gasteiger partial charge on any atom is -0.282 e. The Morgan fingerprint density at radius 3 is 1.95 bits per heavy atom. The van der Waals surface area contributed by atoms with E-state index in [0.717, 1.165) is 16.1 Å². The van der Waals surface area contributed by atoms with Crippen LogP contribution in [0.5, 0.6) is 0 Å². The van der Waals surface area contributed by atoms with E-state index in [-0.39, 0.29) is 10.8 Å². The van der Waals surface area contributed by atoms with Gasteiger partial charge < -0.3 is 0 Å². The molecular weight excluding hydrogens is 307 g/mol. The van der Waals surface area contributed by atoms with Gasteiger partial charge in [-0.25, -0.2) is 0 Å². The Kier molecular flexibility index (Phi) is 5.24. The van der Waals surface area contributed by atoms with Crippen molar-refractivity contribution in [3.05, 3.63) is 17.7 Å². The van der Waals surface area contributed by atoms with Gasteiger partial charge in [0.15, 0.2) is 0 Å². The molecule has 0 spiro atoms. The van der Waals surface area contributed by atoms with Gasteiger partial charge in [-0.2, -0.15) is 8.42 Å². The topological polar surface area (TPSA) is 54.4 Å². The summed E-state index contributed by atoms with van der Waals surface area (Å²) >= 11 is 0. The van der Waals surface area contributed by atoms with Crippen molar-refractivity contribution >= 4 is 36.6 Å². The van der Waals surface area contributed by atoms with Crippen LogP contribution in [0.4, 0.5) is 0 Å². The monoisotopic (exact) mass is 332 g/mol. The molecule has 0 aliphatic heterocycles. The second kappa shape index (κ2) is 5.88. The largest absolute Gasteiger partial charge is 0.295 e. The molecule has 3 nitrogen and oxygen atoms in total. The summed E-state index contributed by atoms with van der Waals surface area (Å²) < 4.78 is 33.8. The van der Waals surface area contributed by atoms with Crippen molar-refractivity contribution in [3.8, 4) is 0 Å². The molecule has 0 unspecified atom stereocenters. The molecule has 6 heteroatoms. The highest BCUT2D eigenvalue weighted by Crippen LogP contribution is 2.30. The fraction of sp³-hybridized carbons (Fsp3) is 0.571. The molecule has 1 aromatic carbocycles. The normalized spacial score (nSPS) is 13.3. The van der Waals surface area contributed by atoms with Gasteiger partial charge in [0, 0.05) is 0 Å². The van der Waals surface area contributed by atoms with Crippen LogP contribution < -0.4 is 10.5 Å². The molecular formula is C14H25O3PSSi. The zero-order valence-electron chi connectivity index (χ0n) is 13.4. The van der Waals surface area contributed by atoms with E-state index in [4.69, 9.17) is 0 Å². The molecule has 0 aliphatic carbocycles. The lowest BCUT2D eigenvalue weighted by atomic mass is 10.0. The van der Waals surface area contributed by atoms with E-state index in [9.17, 15) is 13.0 Å². The van der Waals surface area contributed by atoms with E-state index in [2.05, 4.69) is 33.5 Å². The van der Waals surface area contributed by atoms with Crippen molar-refractivity contribution in [1.82, 2.24) is 0 Å². The molecule has 0 radical (unpaired) electrons. The summed E-state index contributed by atoms with van der Waals surface area (Å²) in [6.07, 6.45) is 0. The molecule has 0 aromatic heterocycles. The second-order valence-electron chi connectivity index (χ2n) is 6.65. The van der Waals surface area contributed by atoms with Crippen LogP contribution in [-0.2, 0) is 10.1 Å². The van der Waals surface area contributed by atoms with Gasteiger partial charge >= 0.3 is 0 Å². The van der Waals surface area contributed by atoms with Crippen molar-refractivity contribution in [2.45, 2.75) is 44.3 Å². The molecule has 0 saturated heterocycles. The van der Waals surface area contributed by atoms with Crippen molar-refractivity contribution in [3.63, 3.8) is 0 Å². The lowest BCUT2D eigenvalue weighted by Gasteiger charge is -2.28. The highest BCUT2D eigenvalue weighted by Gasteiger charge is 2.32. The SMILES string of the molecule is CC(C)c1ccc(P(C)C)c(S(=O)(=O)O)c1[Si](C)(C)C. The van der Waals surface area contributed by atoms with Gasteiger partial charge in [-0.3, -0.25) is 4.55 Å². The van der Waals surface area contributed by atoms with E-state index in [1.807, 2.05) is 25.5 Å². The Morgan fingerprint density at radius 2 is 1.65 bits per heavy atom. The summed E-state index contributed by atoms with van der Waals surface area (Å²) in [5.74, 6) is 0.242. The van der Waals surface area contributed by atoms with E-state index in [1.54, 1.807) is 0 Å². The Morgan fingerprint density at radius 1 is 1.15 bits per heavy atom. The maximum Gasteiger partial charge on any atom is 0.295 e. The Labute approximate surface area is 125 Å². The Balaban J connectivity index is 3.95. The molecule has 0 heterocycles. The average Bonchev–Trinajstić information content (AvgIpc) is 2.24. The summed E-state index contributed by atoms with van der Waals surface area (Å²) in [5.41, 5.74) is 1.05. The van der Waals surface area contributed by atoms with Crippen molar-refractivity contribution in [2.24, 2.45) is 0 Å². The minimum atomic E-state index is -4.20. The van der Waals surface area contributed by atoms with E-state index in [0.29, 0.717) is 0 Å². The third-order valence-corrected chi connectivity index (χ3v) is 7.93. The summed E-state index contributed by atoms with van der Waals surface area (Å²) in [7, 11) is -6.69. The van der Waals surface area contributed by atoms with Crippen LogP contribution in [0.2, 0.25) is 19.6 Å². The number of rotatable bonds is 4. The summed E-state index contributed by atoms with van der Waals surface area (Å²) in [6, 6.07) is 3.93. The first-order valence-corrected chi connectivity index (χ1v) is 13.9. The fourth-order valence-corrected chi connectivity index (χ4v) is 8.41. The third kappa shape index (κ3) is 3.70. The number of hydrogen-bond acceptors (Lipinski definition) is 2. The summed E-state index contributed by atoms with van der Waals surface area (Å²) in [4.78, 5) is 0.193. The molecule has 20 heavy (non-hydrogen) atoms. The second-order valence-corrected chi connectivity index (χ2v) is 15.3. The van der Waals surface area contributed by atoms with Crippen LogP contribution in [0.25, 0.3) is 0 Å². The van der Waals surface area contributed by atoms with Crippen LogP contribution in [-0.4, -0.2) is 34.4 Å². The predicted molar refractivity (Wildman–Crippen MR) is 91.7 cm³/mol. The van der Waals surface area contributed by atoms with Crippen molar-refractivity contribution in [2.75, 3.05) is 13.3 Å². The zero-order valence-corrected chi connectivity index (χ0v) is 16.1. The van der Waals surface area contributed by atoms with Gasteiger partial charge in [-0.15, -0.1) is 0 Å². The summed E-state index contributed by atoms with van der Waals surface area (Å²) in [5, 5.41) is 1.67. The van der Waals surface area contributed by atoms with Crippen molar-refractivity contribution < 1.29 is 13.0 Å².